The number of hydrogen-bond donors (Lipinski definition) is 2. The van der Waals surface area contributed by atoms with Crippen molar-refractivity contribution in [2.45, 2.75) is 50.5 Å². The molecule has 0 fully saturated rings. The van der Waals surface area contributed by atoms with E-state index in [1.54, 1.807) is 11.4 Å². The van der Waals surface area contributed by atoms with Crippen molar-refractivity contribution in [1.82, 2.24) is 5.32 Å². The number of thiophene rings is 1. The fourth-order valence-electron chi connectivity index (χ4n) is 1.74. The van der Waals surface area contributed by atoms with Gasteiger partial charge in [-0.25, -0.2) is 4.79 Å². The van der Waals surface area contributed by atoms with Crippen molar-refractivity contribution >= 4 is 35.0 Å². The van der Waals surface area contributed by atoms with E-state index in [-0.39, 0.29) is 11.9 Å². The number of carbonyl (C=O) groups excluding carboxylic acids is 1. The number of aromatic carboxylic acids is 1. The third kappa shape index (κ3) is 6.43. The monoisotopic (exact) mass is 315 g/mol. The van der Waals surface area contributed by atoms with Gasteiger partial charge in [0.05, 0.1) is 5.75 Å². The molecule has 1 amide bonds. The number of thioether (sulfide) groups is 1. The maximum absolute atomic E-state index is 11.8. The Morgan fingerprint density at radius 3 is 2.80 bits per heavy atom. The number of hydrogen-bond acceptors (Lipinski definition) is 4. The summed E-state index contributed by atoms with van der Waals surface area (Å²) < 4.78 is 0. The van der Waals surface area contributed by atoms with Crippen molar-refractivity contribution in [3.05, 3.63) is 16.3 Å². The number of carboxylic acid groups (broad SMARTS) is 1. The van der Waals surface area contributed by atoms with E-state index < -0.39 is 5.97 Å². The number of nitrogens with one attached hydrogen (secondary N) is 1. The molecular formula is C14H21NO3S2. The zero-order valence-corrected chi connectivity index (χ0v) is 13.5. The van der Waals surface area contributed by atoms with E-state index in [1.165, 1.54) is 35.9 Å². The average molecular weight is 315 g/mol. The van der Waals surface area contributed by atoms with E-state index in [4.69, 9.17) is 5.11 Å². The lowest BCUT2D eigenvalue weighted by atomic mass is 10.1. The molecule has 20 heavy (non-hydrogen) atoms. The molecule has 1 aromatic rings. The summed E-state index contributed by atoms with van der Waals surface area (Å²) in [5, 5.41) is 13.6. The minimum absolute atomic E-state index is 0.00192. The highest BCUT2D eigenvalue weighted by atomic mass is 32.2. The molecule has 2 N–H and O–H groups in total. The van der Waals surface area contributed by atoms with Crippen molar-refractivity contribution in [2.24, 2.45) is 0 Å². The van der Waals surface area contributed by atoms with E-state index in [9.17, 15) is 9.59 Å². The summed E-state index contributed by atoms with van der Waals surface area (Å²) in [6.45, 7) is 4.18. The first kappa shape index (κ1) is 17.0. The van der Waals surface area contributed by atoms with Crippen LogP contribution in [0.3, 0.4) is 0 Å². The standard InChI is InChI=1S/C14H21NO3S2/c1-3-4-5-6-10(2)15-13(16)9-19-11-7-12(14(17)18)20-8-11/h7-8,10H,3-6,9H2,1-2H3,(H,15,16)(H,17,18). The first-order valence-corrected chi connectivity index (χ1v) is 8.63. The number of amides is 1. The third-order valence-corrected chi connectivity index (χ3v) is 4.85. The quantitative estimate of drug-likeness (QED) is 0.539. The summed E-state index contributed by atoms with van der Waals surface area (Å²) in [5.41, 5.74) is 0. The van der Waals surface area contributed by atoms with Gasteiger partial charge < -0.3 is 10.4 Å². The number of rotatable bonds is 9. The predicted molar refractivity (Wildman–Crippen MR) is 83.7 cm³/mol. The van der Waals surface area contributed by atoms with Gasteiger partial charge in [0.25, 0.3) is 0 Å². The van der Waals surface area contributed by atoms with Gasteiger partial charge in [0, 0.05) is 16.3 Å². The van der Waals surface area contributed by atoms with Gasteiger partial charge in [-0.3, -0.25) is 4.79 Å². The SMILES string of the molecule is CCCCCC(C)NC(=O)CSc1csc(C(=O)O)c1. The summed E-state index contributed by atoms with van der Waals surface area (Å²) in [6, 6.07) is 1.81. The number of carbonyl (C=O) groups is 2. The molecule has 6 heteroatoms. The van der Waals surface area contributed by atoms with Gasteiger partial charge in [0.1, 0.15) is 4.88 Å². The maximum Gasteiger partial charge on any atom is 0.345 e. The van der Waals surface area contributed by atoms with Crippen molar-refractivity contribution in [3.8, 4) is 0 Å². The molecule has 0 aliphatic heterocycles. The molecule has 1 unspecified atom stereocenters. The van der Waals surface area contributed by atoms with Crippen LogP contribution in [-0.2, 0) is 4.79 Å². The van der Waals surface area contributed by atoms with Gasteiger partial charge in [0.15, 0.2) is 0 Å². The zero-order chi connectivity index (χ0) is 15.0. The zero-order valence-electron chi connectivity index (χ0n) is 11.8. The molecule has 0 aliphatic rings. The molecule has 0 spiro atoms. The lowest BCUT2D eigenvalue weighted by Gasteiger charge is -2.13. The van der Waals surface area contributed by atoms with Crippen molar-refractivity contribution in [3.63, 3.8) is 0 Å². The van der Waals surface area contributed by atoms with Crippen LogP contribution < -0.4 is 5.32 Å². The molecule has 0 aromatic carbocycles. The summed E-state index contributed by atoms with van der Waals surface area (Å²) in [7, 11) is 0. The van der Waals surface area contributed by atoms with Crippen LogP contribution >= 0.6 is 23.1 Å². The van der Waals surface area contributed by atoms with E-state index >= 15 is 0 Å². The molecular weight excluding hydrogens is 294 g/mol. The van der Waals surface area contributed by atoms with Crippen LogP contribution in [0, 0.1) is 0 Å². The molecule has 1 rings (SSSR count). The highest BCUT2D eigenvalue weighted by Crippen LogP contribution is 2.24. The van der Waals surface area contributed by atoms with Gasteiger partial charge in [-0.2, -0.15) is 0 Å². The van der Waals surface area contributed by atoms with Crippen LogP contribution in [0.15, 0.2) is 16.3 Å². The topological polar surface area (TPSA) is 66.4 Å². The molecule has 0 saturated carbocycles. The van der Waals surface area contributed by atoms with Crippen molar-refractivity contribution < 1.29 is 14.7 Å². The summed E-state index contributed by atoms with van der Waals surface area (Å²) in [4.78, 5) is 23.6. The lowest BCUT2D eigenvalue weighted by molar-refractivity contribution is -0.119. The predicted octanol–water partition coefficient (Wildman–Crippen LogP) is 3.62. The van der Waals surface area contributed by atoms with Gasteiger partial charge in [-0.1, -0.05) is 26.2 Å². The van der Waals surface area contributed by atoms with Crippen molar-refractivity contribution in [2.75, 3.05) is 5.75 Å². The Morgan fingerprint density at radius 1 is 1.45 bits per heavy atom. The maximum atomic E-state index is 11.8. The van der Waals surface area contributed by atoms with Gasteiger partial charge in [-0.05, 0) is 19.4 Å². The van der Waals surface area contributed by atoms with Crippen LogP contribution in [0.2, 0.25) is 0 Å². The summed E-state index contributed by atoms with van der Waals surface area (Å²) >= 11 is 2.56. The molecule has 0 bridgehead atoms. The minimum atomic E-state index is -0.921. The van der Waals surface area contributed by atoms with Crippen LogP contribution in [0.4, 0.5) is 0 Å². The first-order chi connectivity index (χ1) is 9.52. The fraction of sp³-hybridized carbons (Fsp3) is 0.571. The molecule has 4 nitrogen and oxygen atoms in total. The van der Waals surface area contributed by atoms with E-state index in [2.05, 4.69) is 12.2 Å². The van der Waals surface area contributed by atoms with Crippen molar-refractivity contribution in [1.29, 1.82) is 0 Å². The molecule has 1 atom stereocenters. The Bertz CT molecular complexity index is 445. The van der Waals surface area contributed by atoms with Crippen LogP contribution in [-0.4, -0.2) is 28.8 Å². The summed E-state index contributed by atoms with van der Waals surface area (Å²) in [5.74, 6) is -0.591. The molecule has 0 aliphatic carbocycles. The van der Waals surface area contributed by atoms with E-state index in [0.717, 1.165) is 17.7 Å². The Balaban J connectivity index is 2.26. The van der Waals surface area contributed by atoms with Gasteiger partial charge >= 0.3 is 5.97 Å². The van der Waals surface area contributed by atoms with Gasteiger partial charge in [0.2, 0.25) is 5.91 Å². The Kier molecular flexibility index (Phi) is 7.69. The molecule has 1 heterocycles. The normalized spacial score (nSPS) is 12.1. The summed E-state index contributed by atoms with van der Waals surface area (Å²) in [6.07, 6.45) is 4.52. The van der Waals surface area contributed by atoms with Crippen LogP contribution in [0.25, 0.3) is 0 Å². The third-order valence-electron chi connectivity index (χ3n) is 2.80. The second-order valence-corrected chi connectivity index (χ2v) is 6.66. The highest BCUT2D eigenvalue weighted by Gasteiger charge is 2.10. The Morgan fingerprint density at radius 2 is 2.20 bits per heavy atom. The molecule has 0 radical (unpaired) electrons. The fourth-order valence-corrected chi connectivity index (χ4v) is 3.43. The molecule has 0 saturated heterocycles. The van der Waals surface area contributed by atoms with Crippen LogP contribution in [0.5, 0.6) is 0 Å². The van der Waals surface area contributed by atoms with E-state index in [0.29, 0.717) is 10.6 Å². The lowest BCUT2D eigenvalue weighted by Crippen LogP contribution is -2.33. The average Bonchev–Trinajstić information content (AvgIpc) is 2.85. The minimum Gasteiger partial charge on any atom is -0.477 e. The second kappa shape index (κ2) is 9.02. The van der Waals surface area contributed by atoms with Crippen LogP contribution in [0.1, 0.15) is 49.2 Å². The smallest absolute Gasteiger partial charge is 0.345 e. The second-order valence-electron chi connectivity index (χ2n) is 4.70. The number of unbranched alkanes of at least 4 members (excludes halogenated alkanes) is 2. The highest BCUT2D eigenvalue weighted by molar-refractivity contribution is 8.00. The van der Waals surface area contributed by atoms with Gasteiger partial charge in [-0.15, -0.1) is 23.1 Å². The molecule has 1 aromatic heterocycles. The van der Waals surface area contributed by atoms with E-state index in [1.807, 2.05) is 6.92 Å². The number of carboxylic acids is 1. The Labute approximate surface area is 128 Å². The Hall–Kier alpha value is -1.01. The first-order valence-electron chi connectivity index (χ1n) is 6.77. The molecule has 112 valence electrons. The largest absolute Gasteiger partial charge is 0.477 e.